The monoisotopic (exact) mass is 296 g/mol. The summed E-state index contributed by atoms with van der Waals surface area (Å²) in [5, 5.41) is 3.25. The summed E-state index contributed by atoms with van der Waals surface area (Å²) in [6.45, 7) is 4.26. The van der Waals surface area contributed by atoms with Gasteiger partial charge in [0.05, 0.1) is 6.54 Å². The molecule has 5 nitrogen and oxygen atoms in total. The van der Waals surface area contributed by atoms with E-state index >= 15 is 0 Å². The fourth-order valence-electron chi connectivity index (χ4n) is 2.02. The predicted molar refractivity (Wildman–Crippen MR) is 75.8 cm³/mol. The van der Waals surface area contributed by atoms with Crippen LogP contribution in [0.5, 0.6) is 5.75 Å². The molecule has 1 aliphatic heterocycles. The Balaban J connectivity index is 1.88. The van der Waals surface area contributed by atoms with Crippen molar-refractivity contribution < 1.29 is 14.3 Å². The molecule has 6 heteroatoms. The number of hydrogen-bond acceptors (Lipinski definition) is 3. The minimum Gasteiger partial charge on any atom is -0.492 e. The number of urea groups is 1. The molecular weight excluding hydrogens is 280 g/mol. The Bertz CT molecular complexity index is 519. The molecule has 0 aliphatic carbocycles. The molecule has 1 aromatic rings. The van der Waals surface area contributed by atoms with E-state index in [4.69, 9.17) is 16.3 Å². The van der Waals surface area contributed by atoms with E-state index in [-0.39, 0.29) is 31.0 Å². The smallest absolute Gasteiger partial charge is 0.324 e. The minimum absolute atomic E-state index is 0.0744. The van der Waals surface area contributed by atoms with E-state index in [1.54, 1.807) is 24.3 Å². The van der Waals surface area contributed by atoms with Crippen LogP contribution in [0.3, 0.4) is 0 Å². The summed E-state index contributed by atoms with van der Waals surface area (Å²) in [5.74, 6) is 0.495. The van der Waals surface area contributed by atoms with Gasteiger partial charge in [-0.2, -0.15) is 0 Å². The molecule has 1 aliphatic rings. The maximum atomic E-state index is 12.0. The summed E-state index contributed by atoms with van der Waals surface area (Å²) >= 11 is 5.84. The van der Waals surface area contributed by atoms with E-state index in [9.17, 15) is 9.59 Å². The van der Waals surface area contributed by atoms with Gasteiger partial charge in [-0.1, -0.05) is 31.5 Å². The van der Waals surface area contributed by atoms with Gasteiger partial charge >= 0.3 is 6.03 Å². The number of amides is 3. The lowest BCUT2D eigenvalue weighted by Gasteiger charge is -2.15. The highest BCUT2D eigenvalue weighted by Gasteiger charge is 2.39. The molecule has 1 unspecified atom stereocenters. The van der Waals surface area contributed by atoms with Gasteiger partial charge in [-0.3, -0.25) is 9.69 Å². The lowest BCUT2D eigenvalue weighted by atomic mass is 10.1. The Morgan fingerprint density at radius 2 is 2.15 bits per heavy atom. The molecule has 3 amide bonds. The van der Waals surface area contributed by atoms with Gasteiger partial charge in [-0.25, -0.2) is 4.79 Å². The summed E-state index contributed by atoms with van der Waals surface area (Å²) in [7, 11) is 0. The third-order valence-electron chi connectivity index (χ3n) is 3.10. The molecule has 0 aromatic heterocycles. The molecule has 0 spiro atoms. The second kappa shape index (κ2) is 6.13. The Kier molecular flexibility index (Phi) is 4.49. The highest BCUT2D eigenvalue weighted by atomic mass is 35.5. The van der Waals surface area contributed by atoms with Crippen molar-refractivity contribution in [3.8, 4) is 5.75 Å². The second-order valence-electron chi connectivity index (χ2n) is 4.97. The van der Waals surface area contributed by atoms with Crippen LogP contribution in [-0.2, 0) is 4.79 Å². The van der Waals surface area contributed by atoms with Gasteiger partial charge in [-0.15, -0.1) is 0 Å². The van der Waals surface area contributed by atoms with E-state index < -0.39 is 6.04 Å². The Morgan fingerprint density at radius 3 is 2.75 bits per heavy atom. The van der Waals surface area contributed by atoms with Gasteiger partial charge in [0, 0.05) is 5.02 Å². The normalized spacial score (nSPS) is 18.6. The molecule has 1 heterocycles. The van der Waals surface area contributed by atoms with Crippen LogP contribution in [0.2, 0.25) is 5.02 Å². The Labute approximate surface area is 122 Å². The molecule has 1 saturated heterocycles. The highest BCUT2D eigenvalue weighted by Crippen LogP contribution is 2.17. The Morgan fingerprint density at radius 1 is 1.40 bits per heavy atom. The van der Waals surface area contributed by atoms with Crippen molar-refractivity contribution in [2.45, 2.75) is 19.9 Å². The zero-order chi connectivity index (χ0) is 14.7. The summed E-state index contributed by atoms with van der Waals surface area (Å²) in [6.07, 6.45) is 0. The average Bonchev–Trinajstić information content (AvgIpc) is 2.67. The first-order valence-electron chi connectivity index (χ1n) is 6.49. The first kappa shape index (κ1) is 14.7. The van der Waals surface area contributed by atoms with Crippen LogP contribution in [-0.4, -0.2) is 36.0 Å². The summed E-state index contributed by atoms with van der Waals surface area (Å²) in [6, 6.07) is 6.19. The minimum atomic E-state index is -0.436. The lowest BCUT2D eigenvalue weighted by Crippen LogP contribution is -2.36. The maximum Gasteiger partial charge on any atom is 0.324 e. The van der Waals surface area contributed by atoms with Crippen LogP contribution in [0.15, 0.2) is 24.3 Å². The number of carbonyl (C=O) groups is 2. The van der Waals surface area contributed by atoms with Gasteiger partial charge in [0.25, 0.3) is 5.91 Å². The van der Waals surface area contributed by atoms with Gasteiger partial charge < -0.3 is 10.1 Å². The van der Waals surface area contributed by atoms with Crippen LogP contribution in [0, 0.1) is 5.92 Å². The van der Waals surface area contributed by atoms with Crippen LogP contribution >= 0.6 is 11.6 Å². The lowest BCUT2D eigenvalue weighted by molar-refractivity contribution is -0.128. The van der Waals surface area contributed by atoms with Gasteiger partial charge in [0.2, 0.25) is 0 Å². The molecule has 20 heavy (non-hydrogen) atoms. The molecular formula is C14H17ClN2O3. The molecule has 1 atom stereocenters. The number of carbonyl (C=O) groups excluding carboxylic acids is 2. The third kappa shape index (κ3) is 3.22. The molecule has 1 N–H and O–H groups in total. The molecule has 1 aromatic carbocycles. The zero-order valence-electron chi connectivity index (χ0n) is 11.4. The van der Waals surface area contributed by atoms with Gasteiger partial charge in [0.15, 0.2) is 0 Å². The van der Waals surface area contributed by atoms with Crippen molar-refractivity contribution in [1.29, 1.82) is 0 Å². The van der Waals surface area contributed by atoms with Crippen molar-refractivity contribution in [3.05, 3.63) is 29.3 Å². The van der Waals surface area contributed by atoms with Crippen molar-refractivity contribution in [3.63, 3.8) is 0 Å². The fourth-order valence-corrected chi connectivity index (χ4v) is 2.20. The fraction of sp³-hybridized carbons (Fsp3) is 0.429. The third-order valence-corrected chi connectivity index (χ3v) is 3.34. The van der Waals surface area contributed by atoms with Gasteiger partial charge in [-0.05, 0) is 24.1 Å². The predicted octanol–water partition coefficient (Wildman–Crippen LogP) is 2.30. The molecule has 0 bridgehead atoms. The van der Waals surface area contributed by atoms with E-state index in [1.165, 1.54) is 4.90 Å². The van der Waals surface area contributed by atoms with Crippen molar-refractivity contribution in [2.24, 2.45) is 5.92 Å². The number of hydrogen-bond donors (Lipinski definition) is 1. The summed E-state index contributed by atoms with van der Waals surface area (Å²) in [5.41, 5.74) is 0. The number of imide groups is 1. The van der Waals surface area contributed by atoms with Crippen molar-refractivity contribution in [1.82, 2.24) is 10.2 Å². The second-order valence-corrected chi connectivity index (χ2v) is 5.40. The number of halogens is 1. The maximum absolute atomic E-state index is 12.0. The van der Waals surface area contributed by atoms with E-state index in [0.29, 0.717) is 10.8 Å². The molecule has 1 fully saturated rings. The van der Waals surface area contributed by atoms with E-state index in [2.05, 4.69) is 5.32 Å². The topological polar surface area (TPSA) is 58.6 Å². The van der Waals surface area contributed by atoms with Crippen LogP contribution in [0.4, 0.5) is 4.79 Å². The number of rotatable bonds is 5. The summed E-state index contributed by atoms with van der Waals surface area (Å²) in [4.78, 5) is 24.9. The van der Waals surface area contributed by atoms with Gasteiger partial charge in [0.1, 0.15) is 18.4 Å². The quantitative estimate of drug-likeness (QED) is 0.848. The molecule has 2 rings (SSSR count). The number of benzene rings is 1. The average molecular weight is 297 g/mol. The van der Waals surface area contributed by atoms with Crippen LogP contribution in [0.25, 0.3) is 0 Å². The van der Waals surface area contributed by atoms with Crippen LogP contribution < -0.4 is 10.1 Å². The van der Waals surface area contributed by atoms with Crippen LogP contribution in [0.1, 0.15) is 13.8 Å². The first-order chi connectivity index (χ1) is 9.49. The van der Waals surface area contributed by atoms with E-state index in [0.717, 1.165) is 0 Å². The number of nitrogens with zero attached hydrogens (tertiary/aromatic N) is 1. The molecule has 0 saturated carbocycles. The van der Waals surface area contributed by atoms with E-state index in [1.807, 2.05) is 13.8 Å². The number of nitrogens with one attached hydrogen (secondary N) is 1. The SMILES string of the molecule is CC(C)C1NC(=O)N(CCOc2cccc(Cl)c2)C1=O. The number of ether oxygens (including phenoxy) is 1. The highest BCUT2D eigenvalue weighted by molar-refractivity contribution is 6.30. The zero-order valence-corrected chi connectivity index (χ0v) is 12.2. The Hall–Kier alpha value is -1.75. The largest absolute Gasteiger partial charge is 0.492 e. The summed E-state index contributed by atoms with van der Waals surface area (Å²) < 4.78 is 5.48. The first-order valence-corrected chi connectivity index (χ1v) is 6.87. The molecule has 108 valence electrons. The standard InChI is InChI=1S/C14H17ClN2O3/c1-9(2)12-13(18)17(14(19)16-12)6-7-20-11-5-3-4-10(15)8-11/h3-5,8-9,12H,6-7H2,1-2H3,(H,16,19). The van der Waals surface area contributed by atoms with Crippen molar-refractivity contribution in [2.75, 3.05) is 13.2 Å². The molecule has 0 radical (unpaired) electrons. The van der Waals surface area contributed by atoms with Crippen molar-refractivity contribution >= 4 is 23.5 Å².